The zero-order valence-corrected chi connectivity index (χ0v) is 6.76. The lowest BCUT2D eigenvalue weighted by atomic mass is 10.4. The molecule has 1 aliphatic heterocycles. The van der Waals surface area contributed by atoms with Crippen LogP contribution in [0, 0.1) is 11.8 Å². The van der Waals surface area contributed by atoms with E-state index < -0.39 is 10.0 Å². The van der Waals surface area contributed by atoms with Gasteiger partial charge in [-0.3, -0.25) is 0 Å². The zero-order chi connectivity index (χ0) is 7.35. The molecule has 0 radical (unpaired) electrons. The number of rotatable bonds is 1. The monoisotopic (exact) mass is 161 g/mol. The molecule has 10 heavy (non-hydrogen) atoms. The molecule has 2 rings (SSSR count). The minimum Gasteiger partial charge on any atom is -0.213 e. The van der Waals surface area contributed by atoms with Crippen molar-refractivity contribution in [3.05, 3.63) is 0 Å². The zero-order valence-electron chi connectivity index (χ0n) is 5.95. The SMILES string of the molecule is CS(=O)(=O)N1C[C@H]2C[C@H]2C1. The molecule has 2 aliphatic rings. The minimum atomic E-state index is -2.87. The largest absolute Gasteiger partial charge is 0.213 e. The smallest absolute Gasteiger partial charge is 0.211 e. The maximum Gasteiger partial charge on any atom is 0.211 e. The lowest BCUT2D eigenvalue weighted by Gasteiger charge is -2.13. The number of sulfonamides is 1. The van der Waals surface area contributed by atoms with E-state index in [9.17, 15) is 8.42 Å². The van der Waals surface area contributed by atoms with Gasteiger partial charge in [-0.1, -0.05) is 0 Å². The van der Waals surface area contributed by atoms with Gasteiger partial charge < -0.3 is 0 Å². The first kappa shape index (κ1) is 6.61. The van der Waals surface area contributed by atoms with Gasteiger partial charge in [0.05, 0.1) is 6.26 Å². The highest BCUT2D eigenvalue weighted by molar-refractivity contribution is 7.88. The summed E-state index contributed by atoms with van der Waals surface area (Å²) in [5.41, 5.74) is 0. The minimum absolute atomic E-state index is 0.703. The van der Waals surface area contributed by atoms with Crippen molar-refractivity contribution in [2.75, 3.05) is 19.3 Å². The van der Waals surface area contributed by atoms with Crippen molar-refractivity contribution < 1.29 is 8.42 Å². The molecule has 4 heteroatoms. The van der Waals surface area contributed by atoms with Crippen LogP contribution in [-0.2, 0) is 10.0 Å². The normalized spacial score (nSPS) is 39.7. The Morgan fingerprint density at radius 2 is 1.80 bits per heavy atom. The molecule has 1 saturated heterocycles. The second-order valence-corrected chi connectivity index (χ2v) is 5.32. The number of hydrogen-bond donors (Lipinski definition) is 0. The van der Waals surface area contributed by atoms with Gasteiger partial charge in [0.1, 0.15) is 0 Å². The van der Waals surface area contributed by atoms with Crippen LogP contribution in [0.3, 0.4) is 0 Å². The fourth-order valence-corrected chi connectivity index (χ4v) is 2.55. The first-order valence-electron chi connectivity index (χ1n) is 3.52. The number of hydrogen-bond acceptors (Lipinski definition) is 2. The van der Waals surface area contributed by atoms with Crippen LogP contribution < -0.4 is 0 Å². The third kappa shape index (κ3) is 0.953. The fourth-order valence-electron chi connectivity index (χ4n) is 1.63. The Balaban J connectivity index is 2.10. The molecule has 0 unspecified atom stereocenters. The van der Waals surface area contributed by atoms with E-state index in [0.717, 1.165) is 13.1 Å². The molecule has 2 fully saturated rings. The van der Waals surface area contributed by atoms with Gasteiger partial charge >= 0.3 is 0 Å². The van der Waals surface area contributed by atoms with Gasteiger partial charge in [-0.25, -0.2) is 12.7 Å². The average molecular weight is 161 g/mol. The van der Waals surface area contributed by atoms with Crippen molar-refractivity contribution in [2.45, 2.75) is 6.42 Å². The van der Waals surface area contributed by atoms with Gasteiger partial charge in [-0.15, -0.1) is 0 Å². The van der Waals surface area contributed by atoms with E-state index in [2.05, 4.69) is 0 Å². The summed E-state index contributed by atoms with van der Waals surface area (Å²) in [4.78, 5) is 0. The average Bonchev–Trinajstić information content (AvgIpc) is 2.38. The summed E-state index contributed by atoms with van der Waals surface area (Å²) in [6, 6.07) is 0. The van der Waals surface area contributed by atoms with Crippen molar-refractivity contribution >= 4 is 10.0 Å². The van der Waals surface area contributed by atoms with Crippen molar-refractivity contribution in [1.82, 2.24) is 4.31 Å². The number of nitrogens with zero attached hydrogens (tertiary/aromatic N) is 1. The lowest BCUT2D eigenvalue weighted by molar-refractivity contribution is 0.447. The van der Waals surface area contributed by atoms with Crippen LogP contribution in [0.4, 0.5) is 0 Å². The van der Waals surface area contributed by atoms with E-state index in [-0.39, 0.29) is 0 Å². The molecule has 0 amide bonds. The first-order valence-corrected chi connectivity index (χ1v) is 5.37. The van der Waals surface area contributed by atoms with E-state index in [1.165, 1.54) is 12.7 Å². The van der Waals surface area contributed by atoms with Crippen LogP contribution in [0.1, 0.15) is 6.42 Å². The predicted octanol–water partition coefficient (Wildman–Crippen LogP) is -0.102. The van der Waals surface area contributed by atoms with Crippen LogP contribution >= 0.6 is 0 Å². The second-order valence-electron chi connectivity index (χ2n) is 3.34. The molecular weight excluding hydrogens is 150 g/mol. The summed E-state index contributed by atoms with van der Waals surface area (Å²) in [6.45, 7) is 1.56. The molecule has 2 atom stereocenters. The molecule has 0 bridgehead atoms. The van der Waals surface area contributed by atoms with E-state index in [4.69, 9.17) is 0 Å². The summed E-state index contributed by atoms with van der Waals surface area (Å²) < 4.78 is 23.4. The molecule has 0 spiro atoms. The van der Waals surface area contributed by atoms with Crippen LogP contribution in [0.5, 0.6) is 0 Å². The van der Waals surface area contributed by atoms with Gasteiger partial charge in [-0.2, -0.15) is 0 Å². The Labute approximate surface area is 61.1 Å². The van der Waals surface area contributed by atoms with E-state index >= 15 is 0 Å². The standard InChI is InChI=1S/C6H11NO2S/c1-10(8,9)7-3-5-2-6(5)4-7/h5-6H,2-4H2,1H3/t5-,6+. The number of fused-ring (bicyclic) bond motifs is 1. The van der Waals surface area contributed by atoms with Crippen LogP contribution in [0.15, 0.2) is 0 Å². The summed E-state index contributed by atoms with van der Waals surface area (Å²) in [6.07, 6.45) is 2.55. The summed E-state index contributed by atoms with van der Waals surface area (Å²) in [5.74, 6) is 1.41. The highest BCUT2D eigenvalue weighted by Gasteiger charge is 2.47. The predicted molar refractivity (Wildman–Crippen MR) is 38.0 cm³/mol. The Bertz CT molecular complexity index is 236. The number of piperidine rings is 1. The van der Waals surface area contributed by atoms with Crippen LogP contribution in [0.25, 0.3) is 0 Å². The van der Waals surface area contributed by atoms with Crippen molar-refractivity contribution in [3.63, 3.8) is 0 Å². The van der Waals surface area contributed by atoms with Crippen LogP contribution in [-0.4, -0.2) is 32.1 Å². The fraction of sp³-hybridized carbons (Fsp3) is 1.00. The Kier molecular flexibility index (Phi) is 1.15. The third-order valence-corrected chi connectivity index (χ3v) is 3.65. The maximum atomic E-state index is 10.9. The Morgan fingerprint density at radius 3 is 2.10 bits per heavy atom. The van der Waals surface area contributed by atoms with Crippen LogP contribution in [0.2, 0.25) is 0 Å². The second kappa shape index (κ2) is 1.74. The molecule has 3 nitrogen and oxygen atoms in total. The highest BCUT2D eigenvalue weighted by atomic mass is 32.2. The highest BCUT2D eigenvalue weighted by Crippen LogP contribution is 2.45. The van der Waals surface area contributed by atoms with E-state index in [1.807, 2.05) is 0 Å². The Hall–Kier alpha value is -0.0900. The van der Waals surface area contributed by atoms with Gasteiger partial charge in [0, 0.05) is 13.1 Å². The molecule has 0 aromatic heterocycles. The first-order chi connectivity index (χ1) is 4.57. The quantitative estimate of drug-likeness (QED) is 0.538. The molecule has 1 saturated carbocycles. The summed E-state index contributed by atoms with van der Waals surface area (Å²) in [5, 5.41) is 0. The van der Waals surface area contributed by atoms with E-state index in [0.29, 0.717) is 11.8 Å². The molecule has 0 aromatic rings. The van der Waals surface area contributed by atoms with Crippen molar-refractivity contribution in [1.29, 1.82) is 0 Å². The summed E-state index contributed by atoms with van der Waals surface area (Å²) in [7, 11) is -2.87. The molecular formula is C6H11NO2S. The van der Waals surface area contributed by atoms with Gasteiger partial charge in [0.25, 0.3) is 0 Å². The molecule has 1 aliphatic carbocycles. The molecule has 1 heterocycles. The van der Waals surface area contributed by atoms with Gasteiger partial charge in [0.2, 0.25) is 10.0 Å². The maximum absolute atomic E-state index is 10.9. The van der Waals surface area contributed by atoms with Crippen molar-refractivity contribution in [3.8, 4) is 0 Å². The summed E-state index contributed by atoms with van der Waals surface area (Å²) >= 11 is 0. The molecule has 58 valence electrons. The van der Waals surface area contributed by atoms with Gasteiger partial charge in [0.15, 0.2) is 0 Å². The third-order valence-electron chi connectivity index (χ3n) is 2.41. The Morgan fingerprint density at radius 1 is 1.30 bits per heavy atom. The molecule has 0 aromatic carbocycles. The molecule has 0 N–H and O–H groups in total. The lowest BCUT2D eigenvalue weighted by Crippen LogP contribution is -2.28. The van der Waals surface area contributed by atoms with E-state index in [1.54, 1.807) is 4.31 Å². The topological polar surface area (TPSA) is 37.4 Å². The van der Waals surface area contributed by atoms with Crippen molar-refractivity contribution in [2.24, 2.45) is 11.8 Å². The van der Waals surface area contributed by atoms with Gasteiger partial charge in [-0.05, 0) is 18.3 Å².